The molecule has 8 nitrogen and oxygen atoms in total. The molecule has 2 aromatic carbocycles. The second-order valence-electron chi connectivity index (χ2n) is 12.7. The quantitative estimate of drug-likeness (QED) is 0.282. The number of carbonyl (C=O) groups is 2. The van der Waals surface area contributed by atoms with Gasteiger partial charge in [0.05, 0.1) is 12.6 Å². The number of hydrogen-bond acceptors (Lipinski definition) is 7. The van der Waals surface area contributed by atoms with Crippen LogP contribution in [-0.4, -0.2) is 108 Å². The molecule has 2 heterocycles. The maximum Gasteiger partial charge on any atom is 0.305 e. The van der Waals surface area contributed by atoms with Crippen molar-refractivity contribution in [3.8, 4) is 5.75 Å². The zero-order valence-electron chi connectivity index (χ0n) is 26.1. The predicted octanol–water partition coefficient (Wildman–Crippen LogP) is 4.78. The molecule has 1 aliphatic carbocycles. The molecule has 2 saturated heterocycles. The van der Waals surface area contributed by atoms with Gasteiger partial charge in [-0.3, -0.25) is 14.5 Å². The molecule has 2 unspecified atom stereocenters. The van der Waals surface area contributed by atoms with Crippen molar-refractivity contribution in [2.45, 2.75) is 64.5 Å². The normalized spacial score (nSPS) is 21.3. The smallest absolute Gasteiger partial charge is 0.305 e. The minimum absolute atomic E-state index is 0.0350. The third-order valence-corrected chi connectivity index (χ3v) is 9.23. The highest BCUT2D eigenvalue weighted by Crippen LogP contribution is 2.35. The van der Waals surface area contributed by atoms with Gasteiger partial charge in [0.15, 0.2) is 0 Å². The summed E-state index contributed by atoms with van der Waals surface area (Å²) < 4.78 is 5.04. The summed E-state index contributed by atoms with van der Waals surface area (Å²) in [5.74, 6) is 1.12. The van der Waals surface area contributed by atoms with Crippen LogP contribution in [0.4, 0.5) is 0 Å². The average molecular weight is 591 g/mol. The maximum absolute atomic E-state index is 13.8. The maximum atomic E-state index is 13.8. The molecule has 2 atom stereocenters. The molecule has 8 heteroatoms. The lowest BCUT2D eigenvalue weighted by molar-refractivity contribution is -0.143. The van der Waals surface area contributed by atoms with Crippen molar-refractivity contribution in [2.75, 3.05) is 65.5 Å². The second-order valence-corrected chi connectivity index (χ2v) is 12.7. The van der Waals surface area contributed by atoms with E-state index in [9.17, 15) is 14.7 Å². The van der Waals surface area contributed by atoms with Crippen LogP contribution in [0.3, 0.4) is 0 Å². The fraction of sp³-hybridized carbons (Fsp3) is 0.600. The monoisotopic (exact) mass is 590 g/mol. The summed E-state index contributed by atoms with van der Waals surface area (Å²) in [4.78, 5) is 35.0. The van der Waals surface area contributed by atoms with Gasteiger partial charge in [0, 0.05) is 63.8 Å². The molecule has 2 aromatic rings. The number of piperazine rings is 1. The van der Waals surface area contributed by atoms with Gasteiger partial charge in [0.2, 0.25) is 0 Å². The van der Waals surface area contributed by atoms with Gasteiger partial charge >= 0.3 is 5.97 Å². The molecule has 3 fully saturated rings. The summed E-state index contributed by atoms with van der Waals surface area (Å²) in [6, 6.07) is 16.1. The fourth-order valence-corrected chi connectivity index (χ4v) is 6.79. The first-order valence-corrected chi connectivity index (χ1v) is 16.5. The van der Waals surface area contributed by atoms with Crippen molar-refractivity contribution in [3.63, 3.8) is 0 Å². The van der Waals surface area contributed by atoms with E-state index in [0.29, 0.717) is 25.6 Å². The molecule has 3 aliphatic rings. The predicted molar refractivity (Wildman–Crippen MR) is 169 cm³/mol. The standard InChI is InChI=1S/C35H50N4O4/c1-3-43-33(41)13-4-5-16-36-17-8-18-38(21-19-36)35(42)31-11-6-9-29(23-31)34(30-10-7-12-32(40)24-30)39-22-20-37(25-27(39)2)26-28-14-15-28/h6-7,9-12,23-24,27-28,34,40H,3-5,8,13-22,25-26H2,1-2H3. The number of benzene rings is 2. The van der Waals surface area contributed by atoms with Crippen LogP contribution >= 0.6 is 0 Å². The van der Waals surface area contributed by atoms with Crippen molar-refractivity contribution >= 4 is 11.9 Å². The summed E-state index contributed by atoms with van der Waals surface area (Å²) in [5.41, 5.74) is 2.88. The van der Waals surface area contributed by atoms with E-state index >= 15 is 0 Å². The highest BCUT2D eigenvalue weighted by atomic mass is 16.5. The number of hydrogen-bond donors (Lipinski definition) is 1. The number of unbranched alkanes of at least 4 members (excludes halogenated alkanes) is 1. The van der Waals surface area contributed by atoms with Crippen molar-refractivity contribution in [2.24, 2.45) is 5.92 Å². The number of rotatable bonds is 12. The largest absolute Gasteiger partial charge is 0.508 e. The lowest BCUT2D eigenvalue weighted by Crippen LogP contribution is -2.53. The van der Waals surface area contributed by atoms with Crippen LogP contribution in [0.25, 0.3) is 0 Å². The van der Waals surface area contributed by atoms with Gasteiger partial charge in [-0.2, -0.15) is 0 Å². The summed E-state index contributed by atoms with van der Waals surface area (Å²) in [6.07, 6.45) is 5.94. The van der Waals surface area contributed by atoms with E-state index < -0.39 is 0 Å². The number of carbonyl (C=O) groups excluding carboxylic acids is 2. The SMILES string of the molecule is CCOC(=O)CCCCN1CCCN(C(=O)c2cccc(C(c3cccc(O)c3)N3CCN(CC4CC4)CC3C)c2)CC1. The van der Waals surface area contributed by atoms with Crippen LogP contribution in [0, 0.1) is 5.92 Å². The van der Waals surface area contributed by atoms with Gasteiger partial charge in [-0.05, 0) is 100 Å². The Bertz CT molecular complexity index is 1220. The van der Waals surface area contributed by atoms with E-state index in [1.807, 2.05) is 36.1 Å². The Balaban J connectivity index is 1.25. The molecule has 1 N–H and O–H groups in total. The molecule has 0 bridgehead atoms. The zero-order valence-corrected chi connectivity index (χ0v) is 26.1. The fourth-order valence-electron chi connectivity index (χ4n) is 6.79. The molecule has 1 saturated carbocycles. The van der Waals surface area contributed by atoms with Crippen molar-refractivity contribution in [1.29, 1.82) is 0 Å². The molecule has 0 aromatic heterocycles. The van der Waals surface area contributed by atoms with E-state index in [4.69, 9.17) is 4.74 Å². The molecule has 234 valence electrons. The number of aromatic hydroxyl groups is 1. The third kappa shape index (κ3) is 8.80. The minimum Gasteiger partial charge on any atom is -0.508 e. The first kappa shape index (κ1) is 31.5. The molecular weight excluding hydrogens is 540 g/mol. The molecule has 5 rings (SSSR count). The minimum atomic E-state index is -0.117. The second kappa shape index (κ2) is 15.2. The summed E-state index contributed by atoms with van der Waals surface area (Å²) >= 11 is 0. The Morgan fingerprint density at radius 1 is 0.930 bits per heavy atom. The van der Waals surface area contributed by atoms with Crippen LogP contribution in [0.1, 0.15) is 79.9 Å². The number of esters is 1. The van der Waals surface area contributed by atoms with Gasteiger partial charge in [-0.25, -0.2) is 0 Å². The highest BCUT2D eigenvalue weighted by molar-refractivity contribution is 5.94. The Morgan fingerprint density at radius 3 is 2.44 bits per heavy atom. The van der Waals surface area contributed by atoms with Crippen molar-refractivity contribution in [3.05, 3.63) is 65.2 Å². The third-order valence-electron chi connectivity index (χ3n) is 9.23. The van der Waals surface area contributed by atoms with Crippen LogP contribution in [0.2, 0.25) is 0 Å². The highest BCUT2D eigenvalue weighted by Gasteiger charge is 2.34. The number of ether oxygens (including phenoxy) is 1. The van der Waals surface area contributed by atoms with Crippen LogP contribution in [0.15, 0.2) is 48.5 Å². The molecule has 0 spiro atoms. The first-order valence-electron chi connectivity index (χ1n) is 16.5. The van der Waals surface area contributed by atoms with Gasteiger partial charge in [-0.1, -0.05) is 24.3 Å². The number of nitrogens with zero attached hydrogens (tertiary/aromatic N) is 4. The van der Waals surface area contributed by atoms with Gasteiger partial charge in [-0.15, -0.1) is 0 Å². The number of phenols is 1. The van der Waals surface area contributed by atoms with Crippen molar-refractivity contribution in [1.82, 2.24) is 19.6 Å². The number of phenolic OH excluding ortho intramolecular Hbond substituents is 1. The summed E-state index contributed by atoms with van der Waals surface area (Å²) in [7, 11) is 0. The first-order chi connectivity index (χ1) is 20.9. The van der Waals surface area contributed by atoms with E-state index in [1.54, 1.807) is 6.07 Å². The average Bonchev–Trinajstić information content (AvgIpc) is 3.84. The van der Waals surface area contributed by atoms with E-state index in [-0.39, 0.29) is 23.7 Å². The van der Waals surface area contributed by atoms with E-state index in [1.165, 1.54) is 19.4 Å². The lowest BCUT2D eigenvalue weighted by atomic mass is 9.93. The Labute approximate surface area is 257 Å². The number of amides is 1. The lowest BCUT2D eigenvalue weighted by Gasteiger charge is -2.44. The Morgan fingerprint density at radius 2 is 1.70 bits per heavy atom. The molecular formula is C35H50N4O4. The van der Waals surface area contributed by atoms with Gasteiger partial charge in [0.1, 0.15) is 5.75 Å². The Hall–Kier alpha value is -2.94. The Kier molecular flexibility index (Phi) is 11.1. The topological polar surface area (TPSA) is 76.6 Å². The molecule has 0 radical (unpaired) electrons. The van der Waals surface area contributed by atoms with E-state index in [2.05, 4.69) is 39.8 Å². The van der Waals surface area contributed by atoms with E-state index in [0.717, 1.165) is 87.7 Å². The summed E-state index contributed by atoms with van der Waals surface area (Å²) in [5, 5.41) is 10.4. The zero-order chi connectivity index (χ0) is 30.2. The summed E-state index contributed by atoms with van der Waals surface area (Å²) in [6.45, 7) is 13.0. The molecule has 1 amide bonds. The van der Waals surface area contributed by atoms with Crippen molar-refractivity contribution < 1.29 is 19.4 Å². The molecule has 43 heavy (non-hydrogen) atoms. The van der Waals surface area contributed by atoms with Gasteiger partial charge in [0.25, 0.3) is 5.91 Å². The molecule has 2 aliphatic heterocycles. The van der Waals surface area contributed by atoms with Crippen LogP contribution < -0.4 is 0 Å². The van der Waals surface area contributed by atoms with Crippen LogP contribution in [0.5, 0.6) is 5.75 Å². The van der Waals surface area contributed by atoms with Crippen LogP contribution in [-0.2, 0) is 9.53 Å². The van der Waals surface area contributed by atoms with Gasteiger partial charge < -0.3 is 24.5 Å².